The molecule has 2 aromatic carbocycles. The standard InChI is InChI=1S/C21H21ClFN3O2S/c1-29-9-8-15-11-17(19(27)24-14-5-3-13(23)4-6-14)21(26-15)16-10-12(22)2-7-18(16)25-20(21)28/h2-7,10,15,17,26H,8-9,11H2,1H3,(H,24,27)(H,25,28)/t15-,17-,21-/m0/s1. The lowest BCUT2D eigenvalue weighted by Crippen LogP contribution is -2.52. The summed E-state index contributed by atoms with van der Waals surface area (Å²) in [6, 6.07) is 10.8. The predicted molar refractivity (Wildman–Crippen MR) is 115 cm³/mol. The Morgan fingerprint density at radius 3 is 2.79 bits per heavy atom. The molecule has 1 spiro atoms. The SMILES string of the molecule is CSCC[C@H]1C[C@@H](C(=O)Nc2ccc(F)cc2)[C@]2(N1)C(=O)Nc1ccc(Cl)cc12. The minimum Gasteiger partial charge on any atom is -0.326 e. The Kier molecular flexibility index (Phi) is 5.55. The van der Waals surface area contributed by atoms with Crippen molar-refractivity contribution in [2.75, 3.05) is 22.6 Å². The molecule has 1 saturated heterocycles. The Hall–Kier alpha value is -2.09. The highest BCUT2D eigenvalue weighted by Gasteiger charge is 2.60. The van der Waals surface area contributed by atoms with Crippen molar-refractivity contribution in [3.63, 3.8) is 0 Å². The van der Waals surface area contributed by atoms with Crippen molar-refractivity contribution < 1.29 is 14.0 Å². The van der Waals surface area contributed by atoms with Crippen LogP contribution >= 0.6 is 23.4 Å². The molecular formula is C21H21ClFN3O2S. The number of anilines is 2. The van der Waals surface area contributed by atoms with E-state index >= 15 is 0 Å². The van der Waals surface area contributed by atoms with E-state index in [0.717, 1.165) is 12.2 Å². The van der Waals surface area contributed by atoms with Gasteiger partial charge in [0.1, 0.15) is 11.4 Å². The highest BCUT2D eigenvalue weighted by molar-refractivity contribution is 7.98. The minimum absolute atomic E-state index is 0.0158. The zero-order valence-corrected chi connectivity index (χ0v) is 17.4. The number of halogens is 2. The smallest absolute Gasteiger partial charge is 0.250 e. The summed E-state index contributed by atoms with van der Waals surface area (Å²) in [5, 5.41) is 9.70. The normalized spacial score (nSPS) is 25.1. The van der Waals surface area contributed by atoms with Crippen molar-refractivity contribution in [3.8, 4) is 0 Å². The van der Waals surface area contributed by atoms with Gasteiger partial charge in [0.05, 0.1) is 5.92 Å². The Balaban J connectivity index is 1.70. The molecule has 152 valence electrons. The molecule has 2 heterocycles. The van der Waals surface area contributed by atoms with Crippen LogP contribution in [0.1, 0.15) is 18.4 Å². The molecule has 2 aliphatic heterocycles. The summed E-state index contributed by atoms with van der Waals surface area (Å²) in [7, 11) is 0. The molecule has 0 aromatic heterocycles. The lowest BCUT2D eigenvalue weighted by Gasteiger charge is -2.29. The summed E-state index contributed by atoms with van der Waals surface area (Å²) in [5.74, 6) is -0.610. The largest absolute Gasteiger partial charge is 0.326 e. The number of hydrogen-bond donors (Lipinski definition) is 3. The number of thioether (sulfide) groups is 1. The number of amides is 2. The fraction of sp³-hybridized carbons (Fsp3) is 0.333. The zero-order chi connectivity index (χ0) is 20.6. The van der Waals surface area contributed by atoms with Gasteiger partial charge in [-0.25, -0.2) is 4.39 Å². The van der Waals surface area contributed by atoms with Gasteiger partial charge in [0.2, 0.25) is 11.8 Å². The average molecular weight is 434 g/mol. The van der Waals surface area contributed by atoms with Crippen molar-refractivity contribution in [3.05, 3.63) is 58.9 Å². The van der Waals surface area contributed by atoms with Gasteiger partial charge in [0.15, 0.2) is 0 Å². The number of carbonyl (C=O) groups is 2. The first-order valence-electron chi connectivity index (χ1n) is 9.38. The quantitative estimate of drug-likeness (QED) is 0.666. The number of rotatable bonds is 5. The molecule has 0 unspecified atom stereocenters. The summed E-state index contributed by atoms with van der Waals surface area (Å²) >= 11 is 7.94. The van der Waals surface area contributed by atoms with E-state index in [-0.39, 0.29) is 23.7 Å². The summed E-state index contributed by atoms with van der Waals surface area (Å²) < 4.78 is 13.2. The van der Waals surface area contributed by atoms with Gasteiger partial charge < -0.3 is 10.6 Å². The zero-order valence-electron chi connectivity index (χ0n) is 15.8. The molecule has 3 atom stereocenters. The molecular weight excluding hydrogens is 413 g/mol. The summed E-state index contributed by atoms with van der Waals surface area (Å²) in [5.41, 5.74) is 0.676. The summed E-state index contributed by atoms with van der Waals surface area (Å²) in [6.07, 6.45) is 3.39. The van der Waals surface area contributed by atoms with Crippen molar-refractivity contribution in [2.45, 2.75) is 24.4 Å². The van der Waals surface area contributed by atoms with E-state index in [1.807, 2.05) is 6.26 Å². The fourth-order valence-electron chi connectivity index (χ4n) is 4.24. The number of benzene rings is 2. The topological polar surface area (TPSA) is 70.2 Å². The van der Waals surface area contributed by atoms with Gasteiger partial charge >= 0.3 is 0 Å². The van der Waals surface area contributed by atoms with E-state index in [1.54, 1.807) is 30.0 Å². The summed E-state index contributed by atoms with van der Waals surface area (Å²) in [6.45, 7) is 0. The third kappa shape index (κ3) is 3.63. The van der Waals surface area contributed by atoms with Crippen molar-refractivity contribution in [1.82, 2.24) is 5.32 Å². The van der Waals surface area contributed by atoms with Gasteiger partial charge in [-0.2, -0.15) is 11.8 Å². The maximum absolute atomic E-state index is 13.3. The number of nitrogens with one attached hydrogen (secondary N) is 3. The maximum Gasteiger partial charge on any atom is 0.250 e. The maximum atomic E-state index is 13.3. The van der Waals surface area contributed by atoms with Crippen LogP contribution in [0.5, 0.6) is 0 Å². The van der Waals surface area contributed by atoms with Gasteiger partial charge in [0, 0.05) is 28.0 Å². The number of carbonyl (C=O) groups excluding carboxylic acids is 2. The molecule has 0 radical (unpaired) electrons. The van der Waals surface area contributed by atoms with Gasteiger partial charge in [-0.1, -0.05) is 11.6 Å². The van der Waals surface area contributed by atoms with Crippen LogP contribution in [-0.2, 0) is 15.1 Å². The second kappa shape index (κ2) is 7.97. The van der Waals surface area contributed by atoms with Crippen LogP contribution in [0.15, 0.2) is 42.5 Å². The molecule has 0 saturated carbocycles. The molecule has 5 nitrogen and oxygen atoms in total. The van der Waals surface area contributed by atoms with E-state index < -0.39 is 11.5 Å². The fourth-order valence-corrected chi connectivity index (χ4v) is 4.94. The molecule has 3 N–H and O–H groups in total. The molecule has 1 fully saturated rings. The van der Waals surface area contributed by atoms with E-state index in [0.29, 0.717) is 28.4 Å². The molecule has 2 aromatic rings. The first-order valence-corrected chi connectivity index (χ1v) is 11.2. The van der Waals surface area contributed by atoms with Crippen molar-refractivity contribution in [2.24, 2.45) is 5.92 Å². The number of hydrogen-bond acceptors (Lipinski definition) is 4. The van der Waals surface area contributed by atoms with Crippen LogP contribution in [0.4, 0.5) is 15.8 Å². The van der Waals surface area contributed by atoms with Gasteiger partial charge in [-0.05, 0) is 67.3 Å². The lowest BCUT2D eigenvalue weighted by molar-refractivity contribution is -0.130. The third-order valence-corrected chi connectivity index (χ3v) is 6.47. The van der Waals surface area contributed by atoms with E-state index in [2.05, 4.69) is 16.0 Å². The van der Waals surface area contributed by atoms with Crippen LogP contribution in [0.2, 0.25) is 5.02 Å². The Morgan fingerprint density at radius 1 is 1.31 bits per heavy atom. The average Bonchev–Trinajstić information content (AvgIpc) is 3.22. The minimum atomic E-state index is -1.17. The summed E-state index contributed by atoms with van der Waals surface area (Å²) in [4.78, 5) is 26.4. The van der Waals surface area contributed by atoms with Crippen LogP contribution in [0, 0.1) is 11.7 Å². The van der Waals surface area contributed by atoms with Gasteiger partial charge in [-0.15, -0.1) is 0 Å². The molecule has 8 heteroatoms. The molecule has 29 heavy (non-hydrogen) atoms. The van der Waals surface area contributed by atoms with Crippen molar-refractivity contribution in [1.29, 1.82) is 0 Å². The van der Waals surface area contributed by atoms with Crippen LogP contribution in [0.3, 0.4) is 0 Å². The van der Waals surface area contributed by atoms with Gasteiger partial charge in [0.25, 0.3) is 0 Å². The van der Waals surface area contributed by atoms with E-state index in [9.17, 15) is 14.0 Å². The van der Waals surface area contributed by atoms with Crippen molar-refractivity contribution >= 4 is 46.6 Å². The first kappa shape index (κ1) is 20.2. The third-order valence-electron chi connectivity index (χ3n) is 5.59. The Morgan fingerprint density at radius 2 is 2.07 bits per heavy atom. The van der Waals surface area contributed by atoms with E-state index in [1.165, 1.54) is 24.3 Å². The molecule has 2 aliphatic rings. The monoisotopic (exact) mass is 433 g/mol. The first-order chi connectivity index (χ1) is 13.9. The highest BCUT2D eigenvalue weighted by Crippen LogP contribution is 2.48. The molecule has 4 rings (SSSR count). The molecule has 0 bridgehead atoms. The van der Waals surface area contributed by atoms with Crippen LogP contribution in [-0.4, -0.2) is 29.9 Å². The molecule has 0 aliphatic carbocycles. The molecule has 2 amide bonds. The second-order valence-corrected chi connectivity index (χ2v) is 8.78. The Labute approximate surface area is 177 Å². The van der Waals surface area contributed by atoms with Gasteiger partial charge in [-0.3, -0.25) is 14.9 Å². The van der Waals surface area contributed by atoms with E-state index in [4.69, 9.17) is 11.6 Å². The predicted octanol–water partition coefficient (Wildman–Crippen LogP) is 4.00. The second-order valence-electron chi connectivity index (χ2n) is 7.36. The highest BCUT2D eigenvalue weighted by atomic mass is 35.5. The van der Waals surface area contributed by atoms with Crippen LogP contribution < -0.4 is 16.0 Å². The lowest BCUT2D eigenvalue weighted by atomic mass is 9.79. The number of fused-ring (bicyclic) bond motifs is 2. The Bertz CT molecular complexity index is 955. The van der Waals surface area contributed by atoms with Crippen LogP contribution in [0.25, 0.3) is 0 Å².